The van der Waals surface area contributed by atoms with Gasteiger partial charge in [-0.05, 0) is 36.8 Å². The van der Waals surface area contributed by atoms with Crippen molar-refractivity contribution < 1.29 is 28.2 Å². The van der Waals surface area contributed by atoms with Crippen LogP contribution in [0, 0.1) is 6.92 Å². The smallest absolute Gasteiger partial charge is 0.338 e. The number of benzene rings is 2. The van der Waals surface area contributed by atoms with Crippen molar-refractivity contribution in [3.8, 4) is 11.5 Å². The molecule has 0 bridgehead atoms. The van der Waals surface area contributed by atoms with Gasteiger partial charge in [0.25, 0.3) is 5.91 Å². The Morgan fingerprint density at radius 3 is 2.36 bits per heavy atom. The van der Waals surface area contributed by atoms with Gasteiger partial charge in [-0.25, -0.2) is 9.80 Å². The number of ether oxygens (including phenoxy) is 3. The van der Waals surface area contributed by atoms with Crippen LogP contribution in [-0.4, -0.2) is 43.4 Å². The Balaban J connectivity index is 1.51. The number of hydrogen-bond acceptors (Lipinski definition) is 7. The van der Waals surface area contributed by atoms with Gasteiger partial charge in [-0.2, -0.15) is 5.10 Å². The lowest BCUT2D eigenvalue weighted by molar-refractivity contribution is -0.136. The second-order valence-electron chi connectivity index (χ2n) is 7.56. The van der Waals surface area contributed by atoms with Crippen LogP contribution in [0.2, 0.25) is 0 Å². The first kappa shape index (κ1) is 22.1. The summed E-state index contributed by atoms with van der Waals surface area (Å²) < 4.78 is 21.2. The van der Waals surface area contributed by atoms with Gasteiger partial charge in [0, 0.05) is 12.5 Å². The van der Waals surface area contributed by atoms with E-state index in [-0.39, 0.29) is 5.56 Å². The minimum atomic E-state index is -0.669. The van der Waals surface area contributed by atoms with Gasteiger partial charge < -0.3 is 18.6 Å². The fourth-order valence-electron chi connectivity index (χ4n) is 3.57. The molecule has 2 aromatic carbocycles. The van der Waals surface area contributed by atoms with Crippen LogP contribution in [0.25, 0.3) is 0 Å². The predicted molar refractivity (Wildman–Crippen MR) is 120 cm³/mol. The summed E-state index contributed by atoms with van der Waals surface area (Å²) in [5.41, 5.74) is 3.03. The first-order chi connectivity index (χ1) is 16.0. The standard InChI is InChI=1S/C25H24N2O6/c1-16-6-8-17(9-7-16)21-14-22(23-5-4-10-32-23)27(26-21)24(28)15-33-25(29)18-11-19(30-2)13-20(12-18)31-3/h4-13,22H,14-15H2,1-3H3. The van der Waals surface area contributed by atoms with E-state index < -0.39 is 24.5 Å². The van der Waals surface area contributed by atoms with Crippen LogP contribution in [-0.2, 0) is 9.53 Å². The van der Waals surface area contributed by atoms with Crippen LogP contribution in [0.4, 0.5) is 0 Å². The van der Waals surface area contributed by atoms with Gasteiger partial charge in [0.15, 0.2) is 6.61 Å². The van der Waals surface area contributed by atoms with Crippen molar-refractivity contribution in [2.75, 3.05) is 20.8 Å². The third kappa shape index (κ3) is 4.90. The second kappa shape index (κ2) is 9.60. The molecule has 0 saturated carbocycles. The highest BCUT2D eigenvalue weighted by molar-refractivity contribution is 6.03. The Morgan fingerprint density at radius 2 is 1.76 bits per heavy atom. The van der Waals surface area contributed by atoms with Gasteiger partial charge in [0.2, 0.25) is 0 Å². The number of rotatable bonds is 7. The monoisotopic (exact) mass is 448 g/mol. The van der Waals surface area contributed by atoms with Gasteiger partial charge in [-0.1, -0.05) is 29.8 Å². The minimum absolute atomic E-state index is 0.215. The Morgan fingerprint density at radius 1 is 1.06 bits per heavy atom. The molecule has 1 atom stereocenters. The van der Waals surface area contributed by atoms with Crippen molar-refractivity contribution in [1.29, 1.82) is 0 Å². The number of esters is 1. The normalized spacial score (nSPS) is 15.2. The maximum absolute atomic E-state index is 13.0. The summed E-state index contributed by atoms with van der Waals surface area (Å²) in [7, 11) is 2.97. The van der Waals surface area contributed by atoms with Crippen molar-refractivity contribution in [2.24, 2.45) is 5.10 Å². The van der Waals surface area contributed by atoms with E-state index in [4.69, 9.17) is 18.6 Å². The number of hydrogen-bond donors (Lipinski definition) is 0. The van der Waals surface area contributed by atoms with E-state index >= 15 is 0 Å². The second-order valence-corrected chi connectivity index (χ2v) is 7.56. The molecule has 8 heteroatoms. The molecule has 33 heavy (non-hydrogen) atoms. The van der Waals surface area contributed by atoms with E-state index in [1.165, 1.54) is 31.4 Å². The van der Waals surface area contributed by atoms with E-state index in [0.29, 0.717) is 23.7 Å². The molecular weight excluding hydrogens is 424 g/mol. The quantitative estimate of drug-likeness (QED) is 0.505. The molecule has 1 amide bonds. The number of hydrazone groups is 1. The van der Waals surface area contributed by atoms with Crippen molar-refractivity contribution >= 4 is 17.6 Å². The summed E-state index contributed by atoms with van der Waals surface area (Å²) in [6, 6.07) is 15.7. The van der Waals surface area contributed by atoms with Gasteiger partial charge in [-0.3, -0.25) is 4.79 Å². The van der Waals surface area contributed by atoms with E-state index in [1.807, 2.05) is 31.2 Å². The summed E-state index contributed by atoms with van der Waals surface area (Å²) in [5.74, 6) is 0.367. The summed E-state index contributed by atoms with van der Waals surface area (Å²) in [5, 5.41) is 5.87. The molecule has 0 radical (unpaired) electrons. The third-order valence-electron chi connectivity index (χ3n) is 5.34. The number of methoxy groups -OCH3 is 2. The fourth-order valence-corrected chi connectivity index (χ4v) is 3.57. The lowest BCUT2D eigenvalue weighted by atomic mass is 10.0. The first-order valence-corrected chi connectivity index (χ1v) is 10.4. The maximum atomic E-state index is 13.0. The van der Waals surface area contributed by atoms with E-state index in [2.05, 4.69) is 5.10 Å². The molecule has 0 aliphatic carbocycles. The van der Waals surface area contributed by atoms with E-state index in [0.717, 1.165) is 16.8 Å². The van der Waals surface area contributed by atoms with Crippen molar-refractivity contribution in [3.05, 3.63) is 83.3 Å². The molecular formula is C25H24N2O6. The van der Waals surface area contributed by atoms with Crippen LogP contribution in [0.1, 0.15) is 39.7 Å². The van der Waals surface area contributed by atoms with Crippen molar-refractivity contribution in [3.63, 3.8) is 0 Å². The number of aryl methyl sites for hydroxylation is 1. The lowest BCUT2D eigenvalue weighted by Gasteiger charge is -2.19. The summed E-state index contributed by atoms with van der Waals surface area (Å²) in [4.78, 5) is 25.6. The Bertz CT molecular complexity index is 1150. The first-order valence-electron chi connectivity index (χ1n) is 10.4. The van der Waals surface area contributed by atoms with Crippen LogP contribution in [0.5, 0.6) is 11.5 Å². The zero-order valence-electron chi connectivity index (χ0n) is 18.6. The molecule has 4 rings (SSSR count). The molecule has 0 fully saturated rings. The molecule has 3 aromatic rings. The number of amides is 1. The zero-order valence-corrected chi connectivity index (χ0v) is 18.6. The highest BCUT2D eigenvalue weighted by atomic mass is 16.5. The van der Waals surface area contributed by atoms with E-state index in [9.17, 15) is 9.59 Å². The number of carbonyl (C=O) groups is 2. The molecule has 170 valence electrons. The number of nitrogens with zero attached hydrogens (tertiary/aromatic N) is 2. The van der Waals surface area contributed by atoms with Gasteiger partial charge in [0.1, 0.15) is 23.3 Å². The molecule has 1 unspecified atom stereocenters. The van der Waals surface area contributed by atoms with Crippen LogP contribution in [0.3, 0.4) is 0 Å². The van der Waals surface area contributed by atoms with Crippen molar-refractivity contribution in [1.82, 2.24) is 5.01 Å². The predicted octanol–water partition coefficient (Wildman–Crippen LogP) is 4.14. The van der Waals surface area contributed by atoms with Gasteiger partial charge >= 0.3 is 5.97 Å². The van der Waals surface area contributed by atoms with Crippen LogP contribution in [0.15, 0.2) is 70.4 Å². The maximum Gasteiger partial charge on any atom is 0.338 e. The van der Waals surface area contributed by atoms with Crippen LogP contribution >= 0.6 is 0 Å². The summed E-state index contributed by atoms with van der Waals surface area (Å²) >= 11 is 0. The minimum Gasteiger partial charge on any atom is -0.497 e. The van der Waals surface area contributed by atoms with Gasteiger partial charge in [-0.15, -0.1) is 0 Å². The molecule has 1 aliphatic heterocycles. The highest BCUT2D eigenvalue weighted by Crippen LogP contribution is 2.33. The number of carbonyl (C=O) groups excluding carboxylic acids is 2. The Kier molecular flexibility index (Phi) is 6.44. The van der Waals surface area contributed by atoms with E-state index in [1.54, 1.807) is 24.5 Å². The molecule has 0 spiro atoms. The summed E-state index contributed by atoms with van der Waals surface area (Å²) in [6.07, 6.45) is 2.04. The topological polar surface area (TPSA) is 90.6 Å². The zero-order chi connectivity index (χ0) is 23.4. The fraction of sp³-hybridized carbons (Fsp3) is 0.240. The number of furan rings is 1. The highest BCUT2D eigenvalue weighted by Gasteiger charge is 2.35. The molecule has 1 aromatic heterocycles. The molecule has 0 saturated heterocycles. The molecule has 8 nitrogen and oxygen atoms in total. The third-order valence-corrected chi connectivity index (χ3v) is 5.34. The Labute approximate surface area is 191 Å². The average molecular weight is 448 g/mol. The largest absolute Gasteiger partial charge is 0.497 e. The summed E-state index contributed by atoms with van der Waals surface area (Å²) in [6.45, 7) is 1.54. The molecule has 1 aliphatic rings. The average Bonchev–Trinajstić information content (AvgIpc) is 3.52. The van der Waals surface area contributed by atoms with Crippen molar-refractivity contribution in [2.45, 2.75) is 19.4 Å². The molecule has 0 N–H and O–H groups in total. The Hall–Kier alpha value is -4.07. The SMILES string of the molecule is COc1cc(OC)cc(C(=O)OCC(=O)N2N=C(c3ccc(C)cc3)CC2c2ccco2)c1. The lowest BCUT2D eigenvalue weighted by Crippen LogP contribution is -2.31. The van der Waals surface area contributed by atoms with Crippen LogP contribution < -0.4 is 9.47 Å². The van der Waals surface area contributed by atoms with Gasteiger partial charge in [0.05, 0.1) is 31.8 Å². The molecule has 2 heterocycles.